The molecule has 4 heteroatoms. The molecular formula is C11H13N3S. The van der Waals surface area contributed by atoms with Crippen LogP contribution in [0.2, 0.25) is 0 Å². The summed E-state index contributed by atoms with van der Waals surface area (Å²) < 4.78 is 0. The molecule has 0 saturated heterocycles. The fourth-order valence-electron chi connectivity index (χ4n) is 1.46. The Hall–Kier alpha value is -1.26. The highest BCUT2D eigenvalue weighted by Crippen LogP contribution is 2.07. The lowest BCUT2D eigenvalue weighted by molar-refractivity contribution is 0.671. The highest BCUT2D eigenvalue weighted by atomic mass is 32.1. The Morgan fingerprint density at radius 3 is 2.67 bits per heavy atom. The predicted molar refractivity (Wildman–Crippen MR) is 66.1 cm³/mol. The van der Waals surface area contributed by atoms with Gasteiger partial charge in [0, 0.05) is 10.9 Å². The third-order valence-corrected chi connectivity index (χ3v) is 2.63. The maximum atomic E-state index is 4.82. The molecule has 0 saturated carbocycles. The average molecular weight is 219 g/mol. The lowest BCUT2D eigenvalue weighted by Crippen LogP contribution is -2.35. The number of hydrazine groups is 1. The van der Waals surface area contributed by atoms with Crippen LogP contribution in [-0.2, 0) is 6.42 Å². The second kappa shape index (κ2) is 4.51. The van der Waals surface area contributed by atoms with Crippen molar-refractivity contribution in [2.24, 2.45) is 4.99 Å². The number of hydrogen-bond acceptors (Lipinski definition) is 4. The number of nitrogens with one attached hydrogen (secondary N) is 2. The van der Waals surface area contributed by atoms with E-state index in [1.165, 1.54) is 5.56 Å². The number of aliphatic imine (C=N–C) groups is 1. The van der Waals surface area contributed by atoms with E-state index >= 15 is 0 Å². The van der Waals surface area contributed by atoms with Crippen LogP contribution in [0.1, 0.15) is 18.1 Å². The van der Waals surface area contributed by atoms with E-state index in [9.17, 15) is 0 Å². The largest absolute Gasteiger partial charge is 0.303 e. The molecule has 2 rings (SSSR count). The van der Waals surface area contributed by atoms with Gasteiger partial charge in [-0.3, -0.25) is 0 Å². The summed E-state index contributed by atoms with van der Waals surface area (Å²) in [6, 6.07) is 8.37. The Morgan fingerprint density at radius 2 is 2.13 bits per heavy atom. The van der Waals surface area contributed by atoms with Gasteiger partial charge in [0.1, 0.15) is 12.0 Å². The van der Waals surface area contributed by atoms with E-state index in [0.29, 0.717) is 0 Å². The summed E-state index contributed by atoms with van der Waals surface area (Å²) in [6.45, 7) is 2.14. The van der Waals surface area contributed by atoms with E-state index in [2.05, 4.69) is 47.0 Å². The van der Waals surface area contributed by atoms with Crippen molar-refractivity contribution in [3.05, 3.63) is 35.4 Å². The smallest absolute Gasteiger partial charge is 0.147 e. The summed E-state index contributed by atoms with van der Waals surface area (Å²) in [4.78, 5) is 4.37. The van der Waals surface area contributed by atoms with Crippen molar-refractivity contribution in [3.8, 4) is 0 Å². The third kappa shape index (κ3) is 2.22. The fourth-order valence-corrected chi connectivity index (χ4v) is 1.58. The van der Waals surface area contributed by atoms with Gasteiger partial charge in [-0.25, -0.2) is 10.4 Å². The second-order valence-corrected chi connectivity index (χ2v) is 3.65. The summed E-state index contributed by atoms with van der Waals surface area (Å²) in [6.07, 6.45) is 0.960. The van der Waals surface area contributed by atoms with Crippen molar-refractivity contribution in [2.45, 2.75) is 19.5 Å². The molecule has 1 aromatic rings. The van der Waals surface area contributed by atoms with Gasteiger partial charge in [-0.15, -0.1) is 0 Å². The molecule has 1 unspecified atom stereocenters. The number of benzene rings is 1. The number of nitrogens with zero attached hydrogens (tertiary/aromatic N) is 1. The van der Waals surface area contributed by atoms with Crippen LogP contribution in [-0.4, -0.2) is 17.4 Å². The monoisotopic (exact) mass is 219 g/mol. The Balaban J connectivity index is 2.20. The van der Waals surface area contributed by atoms with Gasteiger partial charge in [-0.2, -0.15) is 0 Å². The molecule has 0 spiro atoms. The normalized spacial score (nSPS) is 19.5. The highest BCUT2D eigenvalue weighted by molar-refractivity contribution is 7.79. The standard InChI is InChI=1S/C11H13N3S/c1-2-8-3-5-9(6-4-8)11-12-10(7-15)13-14-11/h3-7,10,13H,2H2,1H3,(H,12,14). The number of rotatable bonds is 3. The number of amidine groups is 1. The molecule has 78 valence electrons. The first kappa shape index (κ1) is 10.3. The molecule has 0 radical (unpaired) electrons. The predicted octanol–water partition coefficient (Wildman–Crippen LogP) is 1.43. The summed E-state index contributed by atoms with van der Waals surface area (Å²) >= 11 is 4.82. The van der Waals surface area contributed by atoms with Crippen LogP contribution in [0.3, 0.4) is 0 Å². The first-order valence-electron chi connectivity index (χ1n) is 4.97. The molecule has 0 amide bonds. The molecular weight excluding hydrogens is 206 g/mol. The zero-order valence-electron chi connectivity index (χ0n) is 8.53. The van der Waals surface area contributed by atoms with Gasteiger partial charge in [-0.1, -0.05) is 43.4 Å². The average Bonchev–Trinajstić information content (AvgIpc) is 2.78. The highest BCUT2D eigenvalue weighted by Gasteiger charge is 2.14. The van der Waals surface area contributed by atoms with Crippen molar-refractivity contribution >= 4 is 23.4 Å². The Morgan fingerprint density at radius 1 is 1.40 bits per heavy atom. The van der Waals surface area contributed by atoms with Gasteiger partial charge in [0.05, 0.1) is 0 Å². The molecule has 0 fully saturated rings. The van der Waals surface area contributed by atoms with Crippen LogP contribution in [0.5, 0.6) is 0 Å². The van der Waals surface area contributed by atoms with Gasteiger partial charge in [0.25, 0.3) is 0 Å². The maximum Gasteiger partial charge on any atom is 0.147 e. The van der Waals surface area contributed by atoms with Crippen LogP contribution >= 0.6 is 12.2 Å². The summed E-state index contributed by atoms with van der Waals surface area (Å²) in [7, 11) is 0. The molecule has 0 aromatic heterocycles. The van der Waals surface area contributed by atoms with Crippen molar-refractivity contribution in [1.82, 2.24) is 10.9 Å². The van der Waals surface area contributed by atoms with Crippen molar-refractivity contribution in [3.63, 3.8) is 0 Å². The fraction of sp³-hybridized carbons (Fsp3) is 0.273. The summed E-state index contributed by atoms with van der Waals surface area (Å²) in [5.74, 6) is 0.851. The van der Waals surface area contributed by atoms with Gasteiger partial charge in [-0.05, 0) is 12.0 Å². The third-order valence-electron chi connectivity index (χ3n) is 2.37. The van der Waals surface area contributed by atoms with Gasteiger partial charge in [0.15, 0.2) is 0 Å². The van der Waals surface area contributed by atoms with Crippen LogP contribution in [0.25, 0.3) is 0 Å². The van der Waals surface area contributed by atoms with E-state index in [0.717, 1.165) is 17.8 Å². The molecule has 1 aliphatic heterocycles. The van der Waals surface area contributed by atoms with E-state index in [-0.39, 0.29) is 6.17 Å². The number of thiocarbonyl (C=S) groups is 1. The Bertz CT molecular complexity index is 383. The van der Waals surface area contributed by atoms with Gasteiger partial charge < -0.3 is 5.43 Å². The van der Waals surface area contributed by atoms with Gasteiger partial charge >= 0.3 is 0 Å². The quantitative estimate of drug-likeness (QED) is 0.755. The SMILES string of the molecule is CCc1ccc(C2=NC(C=S)NN2)cc1. The lowest BCUT2D eigenvalue weighted by Gasteiger charge is -2.02. The van der Waals surface area contributed by atoms with Crippen LogP contribution in [0.15, 0.2) is 29.3 Å². The zero-order valence-corrected chi connectivity index (χ0v) is 9.34. The van der Waals surface area contributed by atoms with Crippen molar-refractivity contribution in [2.75, 3.05) is 0 Å². The molecule has 1 atom stereocenters. The first-order valence-corrected chi connectivity index (χ1v) is 5.44. The molecule has 15 heavy (non-hydrogen) atoms. The molecule has 2 N–H and O–H groups in total. The summed E-state index contributed by atoms with van der Waals surface area (Å²) in [5, 5.41) is 1.60. The molecule has 3 nitrogen and oxygen atoms in total. The Labute approximate surface area is 94.6 Å². The molecule has 1 aliphatic rings. The van der Waals surface area contributed by atoms with E-state index < -0.39 is 0 Å². The second-order valence-electron chi connectivity index (χ2n) is 3.38. The first-order chi connectivity index (χ1) is 7.33. The van der Waals surface area contributed by atoms with E-state index in [1.54, 1.807) is 5.37 Å². The summed E-state index contributed by atoms with van der Waals surface area (Å²) in [5.41, 5.74) is 8.40. The minimum absolute atomic E-state index is 0.0964. The van der Waals surface area contributed by atoms with Crippen LogP contribution < -0.4 is 10.9 Å². The van der Waals surface area contributed by atoms with Crippen LogP contribution in [0, 0.1) is 0 Å². The minimum atomic E-state index is -0.0964. The number of aryl methyl sites for hydroxylation is 1. The minimum Gasteiger partial charge on any atom is -0.303 e. The van der Waals surface area contributed by atoms with E-state index in [4.69, 9.17) is 12.2 Å². The van der Waals surface area contributed by atoms with Gasteiger partial charge in [0.2, 0.25) is 0 Å². The molecule has 1 heterocycles. The maximum absolute atomic E-state index is 4.82. The molecule has 0 bridgehead atoms. The topological polar surface area (TPSA) is 36.4 Å². The lowest BCUT2D eigenvalue weighted by atomic mass is 10.1. The Kier molecular flexibility index (Phi) is 3.08. The van der Waals surface area contributed by atoms with Crippen LogP contribution in [0.4, 0.5) is 0 Å². The van der Waals surface area contributed by atoms with Crippen molar-refractivity contribution in [1.29, 1.82) is 0 Å². The van der Waals surface area contributed by atoms with Crippen molar-refractivity contribution < 1.29 is 0 Å². The molecule has 1 aromatic carbocycles. The number of hydrogen-bond donors (Lipinski definition) is 2. The molecule has 0 aliphatic carbocycles. The van der Waals surface area contributed by atoms with E-state index in [1.807, 2.05) is 0 Å². The zero-order chi connectivity index (χ0) is 10.7.